The molecule has 0 aliphatic carbocycles. The smallest absolute Gasteiger partial charge is 0.241 e. The molecular formula is C25H36N4O6S2. The van der Waals surface area contributed by atoms with Crippen molar-refractivity contribution in [2.24, 2.45) is 0 Å². The van der Waals surface area contributed by atoms with E-state index in [0.717, 1.165) is 0 Å². The summed E-state index contributed by atoms with van der Waals surface area (Å²) in [7, 11) is -7.34. The van der Waals surface area contributed by atoms with Gasteiger partial charge in [-0.15, -0.1) is 0 Å². The van der Waals surface area contributed by atoms with Gasteiger partial charge in [-0.1, -0.05) is 0 Å². The fourth-order valence-corrected chi connectivity index (χ4v) is 6.05. The quantitative estimate of drug-likeness (QED) is 0.354. The number of hydrogen-bond acceptors (Lipinski definition) is 6. The Morgan fingerprint density at radius 1 is 0.595 bits per heavy atom. The highest BCUT2D eigenvalue weighted by molar-refractivity contribution is 7.89. The zero-order valence-electron chi connectivity index (χ0n) is 22.0. The lowest BCUT2D eigenvalue weighted by Gasteiger charge is -2.20. The van der Waals surface area contributed by atoms with Gasteiger partial charge in [0.15, 0.2) is 0 Å². The van der Waals surface area contributed by atoms with E-state index in [4.69, 9.17) is 0 Å². The van der Waals surface area contributed by atoms with Gasteiger partial charge in [-0.25, -0.2) is 26.3 Å². The lowest BCUT2D eigenvalue weighted by Crippen LogP contribution is -2.40. The molecule has 0 radical (unpaired) electrons. The minimum atomic E-state index is -3.67. The van der Waals surface area contributed by atoms with Crippen LogP contribution in [0.5, 0.6) is 0 Å². The highest BCUT2D eigenvalue weighted by atomic mass is 32.2. The van der Waals surface area contributed by atoms with Crippen molar-refractivity contribution in [1.29, 1.82) is 0 Å². The topological polar surface area (TPSA) is 151 Å². The van der Waals surface area contributed by atoms with E-state index in [2.05, 4.69) is 20.1 Å². The second kappa shape index (κ2) is 11.7. The number of carbonyl (C=O) groups is 2. The van der Waals surface area contributed by atoms with Gasteiger partial charge >= 0.3 is 0 Å². The van der Waals surface area contributed by atoms with Crippen molar-refractivity contribution in [2.75, 3.05) is 10.6 Å². The third-order valence-electron chi connectivity index (χ3n) is 4.59. The van der Waals surface area contributed by atoms with Crippen molar-refractivity contribution in [3.05, 3.63) is 48.5 Å². The second-order valence-electron chi connectivity index (χ2n) is 10.7. The first-order chi connectivity index (χ1) is 16.9. The van der Waals surface area contributed by atoms with E-state index in [9.17, 15) is 26.4 Å². The maximum Gasteiger partial charge on any atom is 0.241 e. The summed E-state index contributed by atoms with van der Waals surface area (Å²) in [6, 6.07) is 11.6. The first-order valence-corrected chi connectivity index (χ1v) is 14.7. The van der Waals surface area contributed by atoms with E-state index in [1.165, 1.54) is 48.5 Å². The van der Waals surface area contributed by atoms with Gasteiger partial charge in [-0.05, 0) is 96.5 Å². The van der Waals surface area contributed by atoms with Crippen molar-refractivity contribution in [2.45, 2.75) is 81.7 Å². The Morgan fingerprint density at radius 3 is 1.16 bits per heavy atom. The van der Waals surface area contributed by atoms with Crippen LogP contribution in [0.25, 0.3) is 0 Å². The lowest BCUT2D eigenvalue weighted by molar-refractivity contribution is -0.117. The standard InChI is InChI=1S/C25H36N4O6S2/c1-24(2,3)28-36(32,33)20-14-10-18(11-15-20)26-22(30)8-7-9-23(31)27-19-12-16-21(17-13-19)37(34,35)29-25(4,5)6/h10-17,28-29H,7-9H2,1-6H3,(H,26,30)(H,27,31). The van der Waals surface area contributed by atoms with Crippen LogP contribution in [0.4, 0.5) is 11.4 Å². The molecule has 0 bridgehead atoms. The summed E-state index contributed by atoms with van der Waals surface area (Å²) in [6.45, 7) is 10.5. The van der Waals surface area contributed by atoms with Gasteiger partial charge in [0.05, 0.1) is 9.79 Å². The Labute approximate surface area is 219 Å². The monoisotopic (exact) mass is 552 g/mol. The van der Waals surface area contributed by atoms with Crippen molar-refractivity contribution in [1.82, 2.24) is 9.44 Å². The van der Waals surface area contributed by atoms with E-state index in [1.54, 1.807) is 41.5 Å². The van der Waals surface area contributed by atoms with Crippen LogP contribution in [0.3, 0.4) is 0 Å². The molecule has 0 aliphatic rings. The first-order valence-electron chi connectivity index (χ1n) is 11.7. The maximum absolute atomic E-state index is 12.4. The number of benzene rings is 2. The molecule has 37 heavy (non-hydrogen) atoms. The summed E-state index contributed by atoms with van der Waals surface area (Å²) in [5.41, 5.74) is -0.350. The zero-order valence-corrected chi connectivity index (χ0v) is 23.6. The summed E-state index contributed by atoms with van der Waals surface area (Å²) in [5, 5.41) is 5.36. The summed E-state index contributed by atoms with van der Waals surface area (Å²) in [5.74, 6) is -0.616. The Hall–Kier alpha value is -2.80. The minimum absolute atomic E-state index is 0.0909. The summed E-state index contributed by atoms with van der Waals surface area (Å²) in [6.07, 6.45) is 0.477. The van der Waals surface area contributed by atoms with Gasteiger partial charge in [0.1, 0.15) is 0 Å². The molecule has 0 heterocycles. The van der Waals surface area contributed by atoms with Crippen LogP contribution >= 0.6 is 0 Å². The Balaban J connectivity index is 1.82. The highest BCUT2D eigenvalue weighted by Gasteiger charge is 2.23. The molecule has 10 nitrogen and oxygen atoms in total. The van der Waals surface area contributed by atoms with Crippen LogP contribution < -0.4 is 20.1 Å². The molecular weight excluding hydrogens is 516 g/mol. The first kappa shape index (κ1) is 30.4. The normalized spacial score (nSPS) is 12.7. The SMILES string of the molecule is CC(C)(C)NS(=O)(=O)c1ccc(NC(=O)CCCC(=O)Nc2ccc(S(=O)(=O)NC(C)(C)C)cc2)cc1. The van der Waals surface area contributed by atoms with E-state index in [1.807, 2.05) is 0 Å². The molecule has 4 N–H and O–H groups in total. The number of hydrogen-bond donors (Lipinski definition) is 4. The predicted octanol–water partition coefficient (Wildman–Crippen LogP) is 3.59. The van der Waals surface area contributed by atoms with E-state index >= 15 is 0 Å². The molecule has 2 amide bonds. The van der Waals surface area contributed by atoms with Crippen molar-refractivity contribution >= 4 is 43.2 Å². The van der Waals surface area contributed by atoms with Crippen molar-refractivity contribution < 1.29 is 26.4 Å². The Bertz CT molecular complexity index is 1200. The molecule has 12 heteroatoms. The highest BCUT2D eigenvalue weighted by Crippen LogP contribution is 2.18. The lowest BCUT2D eigenvalue weighted by atomic mass is 10.1. The molecule has 0 atom stereocenters. The van der Waals surface area contributed by atoms with Gasteiger partial charge in [0.2, 0.25) is 31.9 Å². The fourth-order valence-electron chi connectivity index (χ4n) is 3.22. The van der Waals surface area contributed by atoms with Crippen LogP contribution in [0.1, 0.15) is 60.8 Å². The minimum Gasteiger partial charge on any atom is -0.326 e. The molecule has 0 aromatic heterocycles. The molecule has 0 unspecified atom stereocenters. The maximum atomic E-state index is 12.4. The number of amides is 2. The average Bonchev–Trinajstić information content (AvgIpc) is 2.71. The third-order valence-corrected chi connectivity index (χ3v) is 8.13. The van der Waals surface area contributed by atoms with Crippen LogP contribution in [-0.2, 0) is 29.6 Å². The van der Waals surface area contributed by atoms with Crippen LogP contribution in [-0.4, -0.2) is 39.7 Å². The number of carbonyl (C=O) groups excluding carboxylic acids is 2. The molecule has 2 aromatic carbocycles. The van der Waals surface area contributed by atoms with E-state index < -0.39 is 31.1 Å². The molecule has 0 spiro atoms. The molecule has 2 aromatic rings. The van der Waals surface area contributed by atoms with Crippen LogP contribution in [0, 0.1) is 0 Å². The number of nitrogens with one attached hydrogen (secondary N) is 4. The van der Waals surface area contributed by atoms with Crippen LogP contribution in [0.15, 0.2) is 58.3 Å². The van der Waals surface area contributed by atoms with E-state index in [-0.39, 0.29) is 34.4 Å². The zero-order chi connectivity index (χ0) is 28.1. The molecule has 0 saturated heterocycles. The molecule has 2 rings (SSSR count). The molecule has 0 saturated carbocycles. The molecule has 0 aliphatic heterocycles. The molecule has 0 fully saturated rings. The summed E-state index contributed by atoms with van der Waals surface area (Å²) in [4.78, 5) is 24.6. The number of sulfonamides is 2. The van der Waals surface area contributed by atoms with Gasteiger partial charge in [-0.2, -0.15) is 0 Å². The van der Waals surface area contributed by atoms with Crippen molar-refractivity contribution in [3.63, 3.8) is 0 Å². The summed E-state index contributed by atoms with van der Waals surface area (Å²) < 4.78 is 54.6. The summed E-state index contributed by atoms with van der Waals surface area (Å²) >= 11 is 0. The fraction of sp³-hybridized carbons (Fsp3) is 0.440. The second-order valence-corrected chi connectivity index (χ2v) is 14.1. The van der Waals surface area contributed by atoms with Gasteiger partial charge in [0, 0.05) is 35.3 Å². The molecule has 204 valence electrons. The van der Waals surface area contributed by atoms with Gasteiger partial charge in [0.25, 0.3) is 0 Å². The van der Waals surface area contributed by atoms with Crippen LogP contribution in [0.2, 0.25) is 0 Å². The third kappa shape index (κ3) is 10.6. The van der Waals surface area contributed by atoms with Gasteiger partial charge < -0.3 is 10.6 Å². The van der Waals surface area contributed by atoms with E-state index in [0.29, 0.717) is 17.8 Å². The Kier molecular flexibility index (Phi) is 9.64. The largest absolute Gasteiger partial charge is 0.326 e. The van der Waals surface area contributed by atoms with Gasteiger partial charge in [-0.3, -0.25) is 9.59 Å². The number of rotatable bonds is 10. The number of anilines is 2. The van der Waals surface area contributed by atoms with Crippen molar-refractivity contribution in [3.8, 4) is 0 Å². The Morgan fingerprint density at radius 2 is 0.892 bits per heavy atom. The average molecular weight is 553 g/mol. The predicted molar refractivity (Wildman–Crippen MR) is 144 cm³/mol.